The molecule has 0 bridgehead atoms. The molecule has 3 N–H and O–H groups in total. The second-order valence-corrected chi connectivity index (χ2v) is 11.7. The van der Waals surface area contributed by atoms with Gasteiger partial charge in [-0.1, -0.05) is 68.1 Å². The van der Waals surface area contributed by atoms with Crippen LogP contribution in [0.3, 0.4) is 0 Å². The van der Waals surface area contributed by atoms with Crippen LogP contribution < -0.4 is 16.0 Å². The lowest BCUT2D eigenvalue weighted by Crippen LogP contribution is -2.29. The molecule has 3 aliphatic rings. The van der Waals surface area contributed by atoms with Crippen LogP contribution in [0.15, 0.2) is 72.8 Å². The number of nitrogens with one attached hydrogen (secondary N) is 3. The van der Waals surface area contributed by atoms with Gasteiger partial charge in [-0.15, -0.1) is 0 Å². The van der Waals surface area contributed by atoms with E-state index < -0.39 is 0 Å². The lowest BCUT2D eigenvalue weighted by atomic mass is 9.87. The molecule has 3 aromatic rings. The van der Waals surface area contributed by atoms with Crippen molar-refractivity contribution in [3.05, 3.63) is 89.5 Å². The van der Waals surface area contributed by atoms with Gasteiger partial charge in [0, 0.05) is 35.6 Å². The number of rotatable bonds is 8. The highest BCUT2D eigenvalue weighted by Gasteiger charge is 2.29. The Hall–Kier alpha value is -3.90. The predicted octanol–water partition coefficient (Wildman–Crippen LogP) is 7.51. The molecule has 1 saturated carbocycles. The van der Waals surface area contributed by atoms with Crippen molar-refractivity contribution in [2.75, 3.05) is 29.0 Å². The van der Waals surface area contributed by atoms with Crippen LogP contribution in [0.5, 0.6) is 0 Å². The van der Waals surface area contributed by atoms with E-state index in [2.05, 4.69) is 45.1 Å². The van der Waals surface area contributed by atoms with Crippen LogP contribution in [-0.2, 0) is 16.1 Å². The van der Waals surface area contributed by atoms with Gasteiger partial charge in [-0.2, -0.15) is 0 Å². The van der Waals surface area contributed by atoms with Crippen LogP contribution >= 0.6 is 0 Å². The summed E-state index contributed by atoms with van der Waals surface area (Å²) in [5.41, 5.74) is 6.73. The average Bonchev–Trinajstić information content (AvgIpc) is 3.33. The van der Waals surface area contributed by atoms with Gasteiger partial charge in [0.1, 0.15) is 0 Å². The Bertz CT molecular complexity index is 1400. The molecule has 212 valence electrons. The molecule has 6 heteroatoms. The third kappa shape index (κ3) is 6.71. The van der Waals surface area contributed by atoms with Gasteiger partial charge in [0.05, 0.1) is 11.3 Å². The van der Waals surface area contributed by atoms with Gasteiger partial charge in [-0.05, 0) is 86.1 Å². The zero-order valence-electron chi connectivity index (χ0n) is 23.8. The van der Waals surface area contributed by atoms with E-state index in [0.717, 1.165) is 47.6 Å². The lowest BCUT2D eigenvalue weighted by Gasteiger charge is -2.26. The first kappa shape index (κ1) is 27.3. The molecule has 0 unspecified atom stereocenters. The van der Waals surface area contributed by atoms with Crippen molar-refractivity contribution in [1.82, 2.24) is 4.90 Å². The largest absolute Gasteiger partial charge is 0.354 e. The van der Waals surface area contributed by atoms with Gasteiger partial charge >= 0.3 is 0 Å². The van der Waals surface area contributed by atoms with E-state index in [1.807, 2.05) is 48.5 Å². The van der Waals surface area contributed by atoms with Crippen molar-refractivity contribution < 1.29 is 9.59 Å². The number of hydrogen-bond acceptors (Lipinski definition) is 4. The van der Waals surface area contributed by atoms with Crippen molar-refractivity contribution in [2.24, 2.45) is 5.92 Å². The van der Waals surface area contributed by atoms with Crippen molar-refractivity contribution in [1.29, 1.82) is 0 Å². The van der Waals surface area contributed by atoms with Crippen LogP contribution in [-0.4, -0.2) is 29.8 Å². The third-order valence-corrected chi connectivity index (χ3v) is 8.64. The Labute approximate surface area is 243 Å². The number of benzene rings is 3. The van der Waals surface area contributed by atoms with Gasteiger partial charge in [0.15, 0.2) is 0 Å². The number of carbonyl (C=O) groups is 2. The summed E-state index contributed by atoms with van der Waals surface area (Å²) < 4.78 is 0. The molecule has 6 nitrogen and oxygen atoms in total. The number of likely N-dealkylation sites (tertiary alicyclic amines) is 1. The maximum Gasteiger partial charge on any atom is 0.258 e. The van der Waals surface area contributed by atoms with Gasteiger partial charge in [0.25, 0.3) is 5.91 Å². The molecule has 0 radical (unpaired) electrons. The first-order valence-electron chi connectivity index (χ1n) is 15.3. The molecule has 2 amide bonds. The maximum absolute atomic E-state index is 13.4. The molecule has 1 saturated heterocycles. The molecule has 41 heavy (non-hydrogen) atoms. The zero-order valence-corrected chi connectivity index (χ0v) is 23.8. The second kappa shape index (κ2) is 12.7. The zero-order chi connectivity index (χ0) is 28.0. The summed E-state index contributed by atoms with van der Waals surface area (Å²) in [6.07, 6.45) is 10.4. The fraction of sp³-hybridized carbons (Fsp3) is 0.371. The summed E-state index contributed by atoms with van der Waals surface area (Å²) in [7, 11) is 0. The normalized spacial score (nSPS) is 18.9. The maximum atomic E-state index is 13.4. The van der Waals surface area contributed by atoms with E-state index in [-0.39, 0.29) is 11.8 Å². The third-order valence-electron chi connectivity index (χ3n) is 8.64. The number of nitrogens with zero attached hydrogens (tertiary/aromatic N) is 1. The van der Waals surface area contributed by atoms with Gasteiger partial charge in [0.2, 0.25) is 5.91 Å². The molecule has 3 aromatic carbocycles. The van der Waals surface area contributed by atoms with Crippen molar-refractivity contribution in [3.8, 4) is 0 Å². The van der Waals surface area contributed by atoms with E-state index in [1.54, 1.807) is 0 Å². The van der Waals surface area contributed by atoms with Crippen LogP contribution in [0.25, 0.3) is 11.3 Å². The smallest absolute Gasteiger partial charge is 0.258 e. The number of amides is 2. The molecular formula is C35H40N4O2. The van der Waals surface area contributed by atoms with Crippen LogP contribution in [0, 0.1) is 5.92 Å². The van der Waals surface area contributed by atoms with Crippen molar-refractivity contribution in [2.45, 2.75) is 64.3 Å². The molecule has 0 atom stereocenters. The Balaban J connectivity index is 1.26. The Morgan fingerprint density at radius 2 is 1.51 bits per heavy atom. The number of fused-ring (bicyclic) bond motifs is 1. The summed E-state index contributed by atoms with van der Waals surface area (Å²) in [4.78, 5) is 28.8. The monoisotopic (exact) mass is 548 g/mol. The lowest BCUT2D eigenvalue weighted by molar-refractivity contribution is -0.117. The second-order valence-electron chi connectivity index (χ2n) is 11.7. The number of piperidine rings is 1. The Morgan fingerprint density at radius 3 is 2.27 bits per heavy atom. The number of hydrogen-bond donors (Lipinski definition) is 3. The quantitative estimate of drug-likeness (QED) is 0.255. The first-order chi connectivity index (χ1) is 20.1. The molecule has 0 aromatic heterocycles. The molecule has 2 aliphatic heterocycles. The summed E-state index contributed by atoms with van der Waals surface area (Å²) in [6.45, 7) is 3.31. The minimum atomic E-state index is -0.154. The molecular weight excluding hydrogens is 508 g/mol. The van der Waals surface area contributed by atoms with E-state index in [4.69, 9.17) is 0 Å². The Morgan fingerprint density at radius 1 is 0.805 bits per heavy atom. The van der Waals surface area contributed by atoms with Crippen LogP contribution in [0.2, 0.25) is 0 Å². The fourth-order valence-electron chi connectivity index (χ4n) is 6.46. The van der Waals surface area contributed by atoms with Gasteiger partial charge < -0.3 is 16.0 Å². The van der Waals surface area contributed by atoms with E-state index in [0.29, 0.717) is 23.6 Å². The highest BCUT2D eigenvalue weighted by molar-refractivity contribution is 6.37. The summed E-state index contributed by atoms with van der Waals surface area (Å²) >= 11 is 0. The van der Waals surface area contributed by atoms with Crippen molar-refractivity contribution in [3.63, 3.8) is 0 Å². The summed E-state index contributed by atoms with van der Waals surface area (Å²) in [5, 5.41) is 9.70. The van der Waals surface area contributed by atoms with Crippen molar-refractivity contribution >= 4 is 40.1 Å². The topological polar surface area (TPSA) is 73.5 Å². The number of carbonyl (C=O) groups excluding carboxylic acids is 2. The Kier molecular flexibility index (Phi) is 8.47. The van der Waals surface area contributed by atoms with Gasteiger partial charge in [-0.25, -0.2) is 0 Å². The molecule has 2 fully saturated rings. The van der Waals surface area contributed by atoms with Crippen LogP contribution in [0.1, 0.15) is 74.5 Å². The molecule has 0 spiro atoms. The highest BCUT2D eigenvalue weighted by atomic mass is 16.2. The molecule has 2 heterocycles. The predicted molar refractivity (Wildman–Crippen MR) is 167 cm³/mol. The highest BCUT2D eigenvalue weighted by Crippen LogP contribution is 2.39. The minimum absolute atomic E-state index is 0.0470. The summed E-state index contributed by atoms with van der Waals surface area (Å²) in [5.74, 6) is 0.362. The van der Waals surface area contributed by atoms with Crippen LogP contribution in [0.4, 0.5) is 17.1 Å². The standard InChI is InChI=1S/C35H40N4O2/c40-32(22-25-10-4-1-5-11-25)36-29-18-19-31-30(23-29)33(35(41)38-31)34(27-12-6-2-7-13-27)37-28-16-14-26(15-17-28)24-39-20-8-3-9-21-39/h2,6-7,12-19,23,25,37H,1,3-5,8-11,20-22,24H2,(H,36,40)(H,38,41). The summed E-state index contributed by atoms with van der Waals surface area (Å²) in [6, 6.07) is 24.2. The number of anilines is 3. The van der Waals surface area contributed by atoms with E-state index in [1.165, 1.54) is 57.2 Å². The van der Waals surface area contributed by atoms with E-state index >= 15 is 0 Å². The molecule has 6 rings (SSSR count). The first-order valence-corrected chi connectivity index (χ1v) is 15.3. The SMILES string of the molecule is O=C(CC1CCCCC1)Nc1ccc2c(c1)C(=C(Nc1ccc(CN3CCCCC3)cc1)c1ccccc1)C(=O)N2. The molecule has 1 aliphatic carbocycles. The fourth-order valence-corrected chi connectivity index (χ4v) is 6.46. The minimum Gasteiger partial charge on any atom is -0.354 e. The van der Waals surface area contributed by atoms with E-state index in [9.17, 15) is 9.59 Å². The average molecular weight is 549 g/mol. The van der Waals surface area contributed by atoms with Gasteiger partial charge in [-0.3, -0.25) is 14.5 Å².